The maximum atomic E-state index is 12.8. The summed E-state index contributed by atoms with van der Waals surface area (Å²) in [5.74, 6) is -0.526. The third kappa shape index (κ3) is 2.60. The number of aryl methyl sites for hydroxylation is 4. The van der Waals surface area contributed by atoms with Crippen molar-refractivity contribution in [2.45, 2.75) is 25.7 Å². The first kappa shape index (κ1) is 16.3. The van der Waals surface area contributed by atoms with Crippen LogP contribution in [0.5, 0.6) is 0 Å². The molecule has 1 aromatic heterocycles. The van der Waals surface area contributed by atoms with Gasteiger partial charge in [0.25, 0.3) is 10.0 Å². The molecule has 0 bridgehead atoms. The second-order valence-electron chi connectivity index (χ2n) is 5.88. The zero-order valence-corrected chi connectivity index (χ0v) is 14.7. The number of rotatable bonds is 3. The summed E-state index contributed by atoms with van der Waals surface area (Å²) >= 11 is 0. The molecule has 7 heteroatoms. The summed E-state index contributed by atoms with van der Waals surface area (Å²) in [4.78, 5) is 11.7. The van der Waals surface area contributed by atoms with E-state index in [-0.39, 0.29) is 10.5 Å². The fraction of sp³-hybridized carbons (Fsp3) is 0.235. The summed E-state index contributed by atoms with van der Waals surface area (Å²) < 4.78 is 34.7. The molecule has 0 unspecified atom stereocenters. The highest BCUT2D eigenvalue weighted by molar-refractivity contribution is 7.92. The van der Waals surface area contributed by atoms with Crippen LogP contribution in [-0.2, 0) is 17.1 Å². The van der Waals surface area contributed by atoms with Gasteiger partial charge in [0.05, 0.1) is 16.1 Å². The molecule has 0 aliphatic carbocycles. The zero-order valence-electron chi connectivity index (χ0n) is 13.9. The van der Waals surface area contributed by atoms with E-state index in [2.05, 4.69) is 4.72 Å². The lowest BCUT2D eigenvalue weighted by Crippen LogP contribution is -2.16. The van der Waals surface area contributed by atoms with E-state index in [1.807, 2.05) is 32.0 Å². The molecule has 0 fully saturated rings. The van der Waals surface area contributed by atoms with Gasteiger partial charge in [0, 0.05) is 13.1 Å². The number of fused-ring (bicyclic) bond motifs is 1. The third-order valence-electron chi connectivity index (χ3n) is 4.10. The van der Waals surface area contributed by atoms with Gasteiger partial charge in [-0.25, -0.2) is 13.2 Å². The second kappa shape index (κ2) is 5.52. The molecule has 0 atom stereocenters. The van der Waals surface area contributed by atoms with Crippen molar-refractivity contribution in [3.05, 3.63) is 57.6 Å². The number of nitrogens with one attached hydrogen (secondary N) is 1. The van der Waals surface area contributed by atoms with Crippen molar-refractivity contribution in [3.8, 4) is 0 Å². The molecule has 0 saturated heterocycles. The molecule has 0 radical (unpaired) electrons. The molecule has 3 aromatic rings. The molecule has 2 aromatic carbocycles. The lowest BCUT2D eigenvalue weighted by atomic mass is 10.1. The van der Waals surface area contributed by atoms with Crippen LogP contribution in [0.3, 0.4) is 0 Å². The Morgan fingerprint density at radius 2 is 1.67 bits per heavy atom. The number of hydrogen-bond donors (Lipinski definition) is 1. The number of aromatic nitrogens is 1. The van der Waals surface area contributed by atoms with E-state index >= 15 is 0 Å². The summed E-state index contributed by atoms with van der Waals surface area (Å²) in [6.07, 6.45) is 0. The van der Waals surface area contributed by atoms with E-state index in [1.54, 1.807) is 20.0 Å². The van der Waals surface area contributed by atoms with E-state index in [0.717, 1.165) is 11.1 Å². The summed E-state index contributed by atoms with van der Waals surface area (Å²) in [7, 11) is -2.23. The van der Waals surface area contributed by atoms with Crippen LogP contribution < -0.4 is 10.5 Å². The molecule has 1 N–H and O–H groups in total. The van der Waals surface area contributed by atoms with E-state index in [0.29, 0.717) is 16.8 Å². The van der Waals surface area contributed by atoms with Gasteiger partial charge in [-0.1, -0.05) is 18.2 Å². The average molecular weight is 346 g/mol. The summed E-state index contributed by atoms with van der Waals surface area (Å²) in [6, 6.07) is 8.59. The highest BCUT2D eigenvalue weighted by Gasteiger charge is 2.21. The molecule has 1 heterocycles. The standard InChI is InChI=1S/C17H18N2O4S/c1-10-6-5-7-11(2)16(10)18-24(21,22)15-9-14-13(8-12(15)3)19(4)17(20)23-14/h5-9,18H,1-4H3. The number of sulfonamides is 1. The van der Waals surface area contributed by atoms with Crippen molar-refractivity contribution in [3.63, 3.8) is 0 Å². The number of oxazole rings is 1. The van der Waals surface area contributed by atoms with Gasteiger partial charge in [0.1, 0.15) is 0 Å². The monoisotopic (exact) mass is 346 g/mol. The van der Waals surface area contributed by atoms with Crippen molar-refractivity contribution < 1.29 is 12.8 Å². The van der Waals surface area contributed by atoms with Crippen LogP contribution in [0.15, 0.2) is 44.4 Å². The maximum absolute atomic E-state index is 12.8. The predicted octanol–water partition coefficient (Wildman–Crippen LogP) is 2.86. The number of anilines is 1. The van der Waals surface area contributed by atoms with Gasteiger partial charge in [0.15, 0.2) is 5.58 Å². The third-order valence-corrected chi connectivity index (χ3v) is 5.59. The van der Waals surface area contributed by atoms with Gasteiger partial charge in [-0.15, -0.1) is 0 Å². The van der Waals surface area contributed by atoms with Crippen molar-refractivity contribution in [2.24, 2.45) is 7.05 Å². The Balaban J connectivity index is 2.15. The Morgan fingerprint density at radius 1 is 1.04 bits per heavy atom. The average Bonchev–Trinajstić information content (AvgIpc) is 2.77. The van der Waals surface area contributed by atoms with Crippen molar-refractivity contribution in [1.29, 1.82) is 0 Å². The molecule has 0 spiro atoms. The van der Waals surface area contributed by atoms with Gasteiger partial charge in [0.2, 0.25) is 0 Å². The minimum absolute atomic E-state index is 0.0898. The first-order chi connectivity index (χ1) is 11.2. The normalized spacial score (nSPS) is 11.8. The maximum Gasteiger partial charge on any atom is 0.419 e. The van der Waals surface area contributed by atoms with Gasteiger partial charge >= 0.3 is 5.76 Å². The minimum Gasteiger partial charge on any atom is -0.408 e. The van der Waals surface area contributed by atoms with Crippen LogP contribution in [0.2, 0.25) is 0 Å². The molecule has 3 rings (SSSR count). The van der Waals surface area contributed by atoms with Gasteiger partial charge in [-0.05, 0) is 43.5 Å². The van der Waals surface area contributed by atoms with Crippen molar-refractivity contribution in [2.75, 3.05) is 4.72 Å². The summed E-state index contributed by atoms with van der Waals surface area (Å²) in [6.45, 7) is 5.38. The van der Waals surface area contributed by atoms with Crippen LogP contribution in [0.4, 0.5) is 5.69 Å². The zero-order chi connectivity index (χ0) is 17.6. The van der Waals surface area contributed by atoms with Crippen LogP contribution in [0.1, 0.15) is 16.7 Å². The Hall–Kier alpha value is -2.54. The molecule has 0 aliphatic heterocycles. The van der Waals surface area contributed by atoms with Gasteiger partial charge in [-0.2, -0.15) is 0 Å². The molecule has 126 valence electrons. The molecule has 6 nitrogen and oxygen atoms in total. The van der Waals surface area contributed by atoms with Crippen LogP contribution >= 0.6 is 0 Å². The molecule has 0 amide bonds. The Bertz CT molecular complexity index is 1090. The van der Waals surface area contributed by atoms with Crippen LogP contribution in [-0.4, -0.2) is 13.0 Å². The van der Waals surface area contributed by atoms with E-state index in [9.17, 15) is 13.2 Å². The molecule has 0 saturated carbocycles. The lowest BCUT2D eigenvalue weighted by Gasteiger charge is -2.14. The predicted molar refractivity (Wildman–Crippen MR) is 92.9 cm³/mol. The van der Waals surface area contributed by atoms with E-state index in [4.69, 9.17) is 4.42 Å². The van der Waals surface area contributed by atoms with Crippen LogP contribution in [0, 0.1) is 20.8 Å². The fourth-order valence-electron chi connectivity index (χ4n) is 2.71. The van der Waals surface area contributed by atoms with Crippen LogP contribution in [0.25, 0.3) is 11.1 Å². The quantitative estimate of drug-likeness (QED) is 0.791. The lowest BCUT2D eigenvalue weighted by molar-refractivity contribution is 0.527. The first-order valence-corrected chi connectivity index (χ1v) is 8.88. The second-order valence-corrected chi connectivity index (χ2v) is 7.54. The molecule has 24 heavy (non-hydrogen) atoms. The van der Waals surface area contributed by atoms with Crippen molar-refractivity contribution >= 4 is 26.8 Å². The number of hydrogen-bond acceptors (Lipinski definition) is 4. The topological polar surface area (TPSA) is 81.3 Å². The van der Waals surface area contributed by atoms with Gasteiger partial charge < -0.3 is 4.42 Å². The molecular formula is C17H18N2O4S. The Labute approximate surface area is 139 Å². The highest BCUT2D eigenvalue weighted by atomic mass is 32.2. The Kier molecular flexibility index (Phi) is 3.76. The number of para-hydroxylation sites is 1. The van der Waals surface area contributed by atoms with Gasteiger partial charge in [-0.3, -0.25) is 9.29 Å². The number of benzene rings is 2. The van der Waals surface area contributed by atoms with E-state index < -0.39 is 15.8 Å². The fourth-order valence-corrected chi connectivity index (χ4v) is 4.16. The first-order valence-electron chi connectivity index (χ1n) is 7.40. The SMILES string of the molecule is Cc1cc2c(cc1S(=O)(=O)Nc1c(C)cccc1C)oc(=O)n2C. The number of nitrogens with zero attached hydrogens (tertiary/aromatic N) is 1. The summed E-state index contributed by atoms with van der Waals surface area (Å²) in [5.41, 5.74) is 3.58. The smallest absolute Gasteiger partial charge is 0.408 e. The molecule has 0 aliphatic rings. The van der Waals surface area contributed by atoms with Crippen molar-refractivity contribution in [1.82, 2.24) is 4.57 Å². The largest absolute Gasteiger partial charge is 0.419 e. The molecular weight excluding hydrogens is 328 g/mol. The highest BCUT2D eigenvalue weighted by Crippen LogP contribution is 2.27. The Morgan fingerprint density at radius 3 is 2.29 bits per heavy atom. The minimum atomic E-state index is -3.81. The van der Waals surface area contributed by atoms with E-state index in [1.165, 1.54) is 10.6 Å². The summed E-state index contributed by atoms with van der Waals surface area (Å²) in [5, 5.41) is 0.